The Hall–Kier alpha value is -2.29. The normalized spacial score (nSPS) is 18.9. The SMILES string of the molecule is CCCCN(C(=O)Cn1nnc2ccccc2c1=O)C1CCS(=O)(=O)C1. The van der Waals surface area contributed by atoms with Crippen LogP contribution in [0.3, 0.4) is 0 Å². The second kappa shape index (κ2) is 7.53. The van der Waals surface area contributed by atoms with Gasteiger partial charge in [0, 0.05) is 12.6 Å². The van der Waals surface area contributed by atoms with Crippen molar-refractivity contribution in [1.82, 2.24) is 19.9 Å². The summed E-state index contributed by atoms with van der Waals surface area (Å²) in [5.41, 5.74) is 0.101. The molecule has 0 radical (unpaired) electrons. The average molecular weight is 378 g/mol. The zero-order chi connectivity index (χ0) is 18.7. The van der Waals surface area contributed by atoms with Gasteiger partial charge in [-0.15, -0.1) is 5.10 Å². The molecule has 1 unspecified atom stereocenters. The van der Waals surface area contributed by atoms with Crippen LogP contribution in [0.4, 0.5) is 0 Å². The number of sulfone groups is 1. The number of rotatable bonds is 6. The largest absolute Gasteiger partial charge is 0.337 e. The van der Waals surface area contributed by atoms with E-state index in [0.29, 0.717) is 23.9 Å². The predicted molar refractivity (Wildman–Crippen MR) is 97.5 cm³/mol. The van der Waals surface area contributed by atoms with Gasteiger partial charge in [0.05, 0.1) is 16.9 Å². The molecule has 2 aromatic rings. The molecule has 26 heavy (non-hydrogen) atoms. The van der Waals surface area contributed by atoms with Crippen molar-refractivity contribution in [2.24, 2.45) is 0 Å². The molecule has 3 rings (SSSR count). The van der Waals surface area contributed by atoms with E-state index in [0.717, 1.165) is 17.5 Å². The summed E-state index contributed by atoms with van der Waals surface area (Å²) in [6.45, 7) is 2.25. The van der Waals surface area contributed by atoms with Crippen LogP contribution in [0, 0.1) is 0 Å². The molecule has 8 nitrogen and oxygen atoms in total. The molecule has 0 spiro atoms. The fourth-order valence-electron chi connectivity index (χ4n) is 3.21. The number of amides is 1. The van der Waals surface area contributed by atoms with Crippen molar-refractivity contribution in [2.45, 2.75) is 38.8 Å². The minimum absolute atomic E-state index is 0.0131. The maximum Gasteiger partial charge on any atom is 0.278 e. The summed E-state index contributed by atoms with van der Waals surface area (Å²) in [4.78, 5) is 26.9. The van der Waals surface area contributed by atoms with Gasteiger partial charge in [0.1, 0.15) is 12.1 Å². The van der Waals surface area contributed by atoms with E-state index in [2.05, 4.69) is 10.3 Å². The lowest BCUT2D eigenvalue weighted by atomic mass is 10.2. The third-order valence-corrected chi connectivity index (χ3v) is 6.39. The lowest BCUT2D eigenvalue weighted by Crippen LogP contribution is -2.45. The molecule has 1 aliphatic rings. The van der Waals surface area contributed by atoms with Crippen molar-refractivity contribution in [2.75, 3.05) is 18.1 Å². The van der Waals surface area contributed by atoms with Gasteiger partial charge in [0.25, 0.3) is 5.56 Å². The number of carbonyl (C=O) groups is 1. The van der Waals surface area contributed by atoms with Crippen LogP contribution in [-0.4, -0.2) is 58.3 Å². The van der Waals surface area contributed by atoms with E-state index >= 15 is 0 Å². The molecule has 0 bridgehead atoms. The van der Waals surface area contributed by atoms with E-state index in [1.165, 1.54) is 0 Å². The first-order valence-corrected chi connectivity index (χ1v) is 10.6. The number of hydrogen-bond acceptors (Lipinski definition) is 6. The number of fused-ring (bicyclic) bond motifs is 1. The van der Waals surface area contributed by atoms with Gasteiger partial charge in [-0.3, -0.25) is 9.59 Å². The first-order chi connectivity index (χ1) is 12.4. The zero-order valence-corrected chi connectivity index (χ0v) is 15.5. The Labute approximate surface area is 151 Å². The zero-order valence-electron chi connectivity index (χ0n) is 14.7. The topological polar surface area (TPSA) is 102 Å². The summed E-state index contributed by atoms with van der Waals surface area (Å²) in [5, 5.41) is 8.24. The second-order valence-electron chi connectivity index (χ2n) is 6.57. The highest BCUT2D eigenvalue weighted by molar-refractivity contribution is 7.91. The number of unbranched alkanes of at least 4 members (excludes halogenated alkanes) is 1. The van der Waals surface area contributed by atoms with Gasteiger partial charge in [-0.1, -0.05) is 30.7 Å². The van der Waals surface area contributed by atoms with E-state index in [1.807, 2.05) is 6.92 Å². The molecule has 9 heteroatoms. The predicted octanol–water partition coefficient (Wildman–Crippen LogP) is 0.607. The summed E-state index contributed by atoms with van der Waals surface area (Å²) in [7, 11) is -3.10. The van der Waals surface area contributed by atoms with E-state index in [1.54, 1.807) is 29.2 Å². The Balaban J connectivity index is 1.83. The molecule has 1 atom stereocenters. The Morgan fingerprint density at radius 3 is 2.81 bits per heavy atom. The molecule has 1 fully saturated rings. The van der Waals surface area contributed by atoms with Gasteiger partial charge in [0.15, 0.2) is 9.84 Å². The lowest BCUT2D eigenvalue weighted by molar-refractivity contribution is -0.134. The minimum atomic E-state index is -3.10. The molecule has 1 saturated heterocycles. The van der Waals surface area contributed by atoms with E-state index in [4.69, 9.17) is 0 Å². The highest BCUT2D eigenvalue weighted by Crippen LogP contribution is 2.19. The smallest absolute Gasteiger partial charge is 0.278 e. The maximum atomic E-state index is 12.8. The summed E-state index contributed by atoms with van der Waals surface area (Å²) in [6.07, 6.45) is 2.11. The van der Waals surface area contributed by atoms with Gasteiger partial charge in [-0.25, -0.2) is 13.1 Å². The van der Waals surface area contributed by atoms with Crippen LogP contribution in [0.5, 0.6) is 0 Å². The molecule has 1 amide bonds. The molecule has 1 aromatic carbocycles. The van der Waals surface area contributed by atoms with Crippen LogP contribution >= 0.6 is 0 Å². The van der Waals surface area contributed by atoms with Crippen molar-refractivity contribution in [3.8, 4) is 0 Å². The Bertz CT molecular complexity index is 970. The summed E-state index contributed by atoms with van der Waals surface area (Å²) in [6, 6.07) is 6.50. The molecule has 2 heterocycles. The van der Waals surface area contributed by atoms with E-state index in [-0.39, 0.29) is 35.6 Å². The molecular weight excluding hydrogens is 356 g/mol. The molecule has 0 saturated carbocycles. The van der Waals surface area contributed by atoms with Gasteiger partial charge < -0.3 is 4.90 Å². The highest BCUT2D eigenvalue weighted by atomic mass is 32.2. The van der Waals surface area contributed by atoms with Crippen LogP contribution in [0.25, 0.3) is 10.9 Å². The van der Waals surface area contributed by atoms with Gasteiger partial charge in [0.2, 0.25) is 5.91 Å². The number of aromatic nitrogens is 3. The monoisotopic (exact) mass is 378 g/mol. The maximum absolute atomic E-state index is 12.8. The summed E-state index contributed by atoms with van der Waals surface area (Å²) >= 11 is 0. The first kappa shape index (κ1) is 18.5. The van der Waals surface area contributed by atoms with Gasteiger partial charge in [-0.05, 0) is 25.0 Å². The fraction of sp³-hybridized carbons (Fsp3) is 0.529. The molecule has 1 aliphatic heterocycles. The molecule has 1 aromatic heterocycles. The van der Waals surface area contributed by atoms with Gasteiger partial charge >= 0.3 is 0 Å². The number of nitrogens with zero attached hydrogens (tertiary/aromatic N) is 4. The van der Waals surface area contributed by atoms with Crippen molar-refractivity contribution in [3.05, 3.63) is 34.6 Å². The Morgan fingerprint density at radius 1 is 1.35 bits per heavy atom. The van der Waals surface area contributed by atoms with Gasteiger partial charge in [-0.2, -0.15) is 0 Å². The third-order valence-electron chi connectivity index (χ3n) is 4.64. The van der Waals surface area contributed by atoms with E-state index < -0.39 is 9.84 Å². The summed E-state index contributed by atoms with van der Waals surface area (Å²) in [5.74, 6) is -0.212. The first-order valence-electron chi connectivity index (χ1n) is 8.73. The van der Waals surface area contributed by atoms with Crippen LogP contribution in [-0.2, 0) is 21.2 Å². The fourth-order valence-corrected chi connectivity index (χ4v) is 4.94. The molecular formula is C17H22N4O4S. The van der Waals surface area contributed by atoms with Crippen LogP contribution in [0.1, 0.15) is 26.2 Å². The highest BCUT2D eigenvalue weighted by Gasteiger charge is 2.34. The number of benzene rings is 1. The Morgan fingerprint density at radius 2 is 2.12 bits per heavy atom. The number of hydrogen-bond donors (Lipinski definition) is 0. The van der Waals surface area contributed by atoms with Crippen LogP contribution < -0.4 is 5.56 Å². The standard InChI is InChI=1S/C17H22N4O4S/c1-2-3-9-20(13-8-10-26(24,25)12-13)16(22)11-21-17(23)14-6-4-5-7-15(14)18-19-21/h4-7,13H,2-3,8-12H2,1H3. The van der Waals surface area contributed by atoms with Crippen molar-refractivity contribution < 1.29 is 13.2 Å². The van der Waals surface area contributed by atoms with Crippen molar-refractivity contribution >= 4 is 26.6 Å². The molecule has 0 aliphatic carbocycles. The van der Waals surface area contributed by atoms with Crippen LogP contribution in [0.2, 0.25) is 0 Å². The quantitative estimate of drug-likeness (QED) is 0.730. The van der Waals surface area contributed by atoms with Crippen molar-refractivity contribution in [3.63, 3.8) is 0 Å². The van der Waals surface area contributed by atoms with Crippen molar-refractivity contribution in [1.29, 1.82) is 0 Å². The minimum Gasteiger partial charge on any atom is -0.337 e. The third kappa shape index (κ3) is 3.92. The van der Waals surface area contributed by atoms with E-state index in [9.17, 15) is 18.0 Å². The van der Waals surface area contributed by atoms with Crippen LogP contribution in [0.15, 0.2) is 29.1 Å². The molecule has 140 valence electrons. The number of carbonyl (C=O) groups excluding carboxylic acids is 1. The Kier molecular flexibility index (Phi) is 5.36. The molecule has 0 N–H and O–H groups in total. The second-order valence-corrected chi connectivity index (χ2v) is 8.80. The average Bonchev–Trinajstić information content (AvgIpc) is 2.97. The summed E-state index contributed by atoms with van der Waals surface area (Å²) < 4.78 is 24.6. The lowest BCUT2D eigenvalue weighted by Gasteiger charge is -2.28.